The molecule has 1 aliphatic heterocycles. The zero-order valence-electron chi connectivity index (χ0n) is 26.6. The van der Waals surface area contributed by atoms with E-state index < -0.39 is 0 Å². The van der Waals surface area contributed by atoms with E-state index in [9.17, 15) is 0 Å². The zero-order valence-corrected chi connectivity index (χ0v) is 26.6. The number of aromatic nitrogens is 3. The lowest BCUT2D eigenvalue weighted by molar-refractivity contribution is 1.07. The first-order valence-corrected chi connectivity index (χ1v) is 16.5. The summed E-state index contributed by atoms with van der Waals surface area (Å²) in [6, 6.07) is 63.5. The van der Waals surface area contributed by atoms with Crippen LogP contribution in [0.15, 0.2) is 182 Å². The van der Waals surface area contributed by atoms with Gasteiger partial charge < -0.3 is 4.90 Å². The van der Waals surface area contributed by atoms with Crippen molar-refractivity contribution < 1.29 is 0 Å². The second-order valence-electron chi connectivity index (χ2n) is 12.1. The number of anilines is 3. The van der Waals surface area contributed by atoms with Gasteiger partial charge in [-0.15, -0.1) is 0 Å². The average molecular weight is 627 g/mol. The molecule has 9 rings (SSSR count). The minimum Gasteiger partial charge on any atom is -0.309 e. The number of rotatable bonds is 5. The summed E-state index contributed by atoms with van der Waals surface area (Å²) < 4.78 is 0. The molecule has 49 heavy (non-hydrogen) atoms. The van der Waals surface area contributed by atoms with Crippen LogP contribution in [0.25, 0.3) is 67.5 Å². The summed E-state index contributed by atoms with van der Waals surface area (Å²) in [4.78, 5) is 17.4. The Morgan fingerprint density at radius 1 is 0.286 bits per heavy atom. The van der Waals surface area contributed by atoms with Crippen molar-refractivity contribution in [2.45, 2.75) is 0 Å². The lowest BCUT2D eigenvalue weighted by atomic mass is 9.93. The highest BCUT2D eigenvalue weighted by molar-refractivity contribution is 6.03. The van der Waals surface area contributed by atoms with Crippen molar-refractivity contribution in [3.8, 4) is 67.5 Å². The van der Waals surface area contributed by atoms with Gasteiger partial charge in [0, 0.05) is 33.5 Å². The summed E-state index contributed by atoms with van der Waals surface area (Å²) in [6.07, 6.45) is 0. The second-order valence-corrected chi connectivity index (χ2v) is 12.1. The highest BCUT2D eigenvalue weighted by atomic mass is 15.1. The van der Waals surface area contributed by atoms with Crippen LogP contribution >= 0.6 is 0 Å². The highest BCUT2D eigenvalue weighted by Crippen LogP contribution is 2.51. The molecule has 8 aromatic rings. The first-order valence-electron chi connectivity index (χ1n) is 16.5. The van der Waals surface area contributed by atoms with E-state index in [-0.39, 0.29) is 0 Å². The Morgan fingerprint density at radius 3 is 1.29 bits per heavy atom. The normalized spacial score (nSPS) is 11.6. The van der Waals surface area contributed by atoms with Gasteiger partial charge in [0.15, 0.2) is 17.5 Å². The first kappa shape index (κ1) is 28.6. The quantitative estimate of drug-likeness (QED) is 0.191. The van der Waals surface area contributed by atoms with Crippen LogP contribution in [-0.4, -0.2) is 15.0 Å². The molecular formula is C45H30N4. The second kappa shape index (κ2) is 12.2. The Kier molecular flexibility index (Phi) is 7.10. The SMILES string of the molecule is c1ccc(-c2ccc(N3c4ccccc4-c4ccccc4-c4cc(-c5nc(-c6ccccc6)nc(-c6ccccc6)n5)ccc43)cc2)cc1. The molecule has 230 valence electrons. The standard InChI is InChI=1S/C45H30N4/c1-4-14-31(15-5-1)32-24-27-36(28-25-32)49-41-23-13-12-22-39(41)37-20-10-11-21-38(37)40-30-35(26-29-42(40)49)45-47-43(33-16-6-2-7-17-33)46-44(48-45)34-18-8-3-9-19-34/h1-30H. The van der Waals surface area contributed by atoms with Gasteiger partial charge in [0.25, 0.3) is 0 Å². The van der Waals surface area contributed by atoms with Crippen molar-refractivity contribution in [3.05, 3.63) is 182 Å². The van der Waals surface area contributed by atoms with E-state index in [1.165, 1.54) is 22.3 Å². The van der Waals surface area contributed by atoms with Crippen LogP contribution in [0.3, 0.4) is 0 Å². The Labute approximate surface area is 285 Å². The summed E-state index contributed by atoms with van der Waals surface area (Å²) in [5.41, 5.74) is 13.2. The summed E-state index contributed by atoms with van der Waals surface area (Å²) in [5.74, 6) is 1.92. The van der Waals surface area contributed by atoms with E-state index in [0.29, 0.717) is 17.5 Å². The topological polar surface area (TPSA) is 41.9 Å². The minimum atomic E-state index is 0.633. The number of nitrogens with zero attached hydrogens (tertiary/aromatic N) is 4. The van der Waals surface area contributed by atoms with Crippen LogP contribution in [0.4, 0.5) is 17.1 Å². The van der Waals surface area contributed by atoms with Crippen LogP contribution in [0.5, 0.6) is 0 Å². The van der Waals surface area contributed by atoms with Crippen LogP contribution in [-0.2, 0) is 0 Å². The predicted molar refractivity (Wildman–Crippen MR) is 201 cm³/mol. The number of hydrogen-bond donors (Lipinski definition) is 0. The molecule has 0 unspecified atom stereocenters. The highest BCUT2D eigenvalue weighted by Gasteiger charge is 2.26. The third kappa shape index (κ3) is 5.26. The van der Waals surface area contributed by atoms with Gasteiger partial charge in [0.05, 0.1) is 11.4 Å². The fourth-order valence-electron chi connectivity index (χ4n) is 6.71. The summed E-state index contributed by atoms with van der Waals surface area (Å²) in [6.45, 7) is 0. The molecule has 0 fully saturated rings. The molecule has 2 heterocycles. The van der Waals surface area contributed by atoms with Crippen LogP contribution in [0.2, 0.25) is 0 Å². The van der Waals surface area contributed by atoms with Gasteiger partial charge in [0.1, 0.15) is 0 Å². The molecule has 7 aromatic carbocycles. The van der Waals surface area contributed by atoms with E-state index in [1.54, 1.807) is 0 Å². The number of para-hydroxylation sites is 1. The summed E-state index contributed by atoms with van der Waals surface area (Å²) >= 11 is 0. The molecule has 4 heteroatoms. The smallest absolute Gasteiger partial charge is 0.164 e. The van der Waals surface area contributed by atoms with Gasteiger partial charge in [-0.25, -0.2) is 15.0 Å². The Morgan fingerprint density at radius 2 is 0.694 bits per heavy atom. The average Bonchev–Trinajstić information content (AvgIpc) is 3.31. The summed E-state index contributed by atoms with van der Waals surface area (Å²) in [5, 5.41) is 0. The van der Waals surface area contributed by atoms with Crippen molar-refractivity contribution >= 4 is 17.1 Å². The van der Waals surface area contributed by atoms with Crippen molar-refractivity contribution in [1.82, 2.24) is 15.0 Å². The molecule has 1 aliphatic rings. The van der Waals surface area contributed by atoms with E-state index in [4.69, 9.17) is 15.0 Å². The van der Waals surface area contributed by atoms with E-state index in [0.717, 1.165) is 44.9 Å². The number of hydrogen-bond acceptors (Lipinski definition) is 4. The molecule has 4 nitrogen and oxygen atoms in total. The lowest BCUT2D eigenvalue weighted by Crippen LogP contribution is -2.11. The van der Waals surface area contributed by atoms with Gasteiger partial charge >= 0.3 is 0 Å². The Hall–Kier alpha value is -6.65. The van der Waals surface area contributed by atoms with Gasteiger partial charge in [-0.3, -0.25) is 0 Å². The molecule has 0 bridgehead atoms. The van der Waals surface area contributed by atoms with Crippen LogP contribution in [0, 0.1) is 0 Å². The Bertz CT molecular complexity index is 2370. The van der Waals surface area contributed by atoms with Gasteiger partial charge in [0.2, 0.25) is 0 Å². The summed E-state index contributed by atoms with van der Waals surface area (Å²) in [7, 11) is 0. The van der Waals surface area contributed by atoms with Crippen molar-refractivity contribution in [3.63, 3.8) is 0 Å². The van der Waals surface area contributed by atoms with Crippen molar-refractivity contribution in [1.29, 1.82) is 0 Å². The maximum absolute atomic E-state index is 5.05. The lowest BCUT2D eigenvalue weighted by Gasteiger charge is -2.27. The molecule has 0 saturated heterocycles. The van der Waals surface area contributed by atoms with E-state index in [1.807, 2.05) is 60.7 Å². The Balaban J connectivity index is 1.25. The maximum atomic E-state index is 5.05. The van der Waals surface area contributed by atoms with E-state index in [2.05, 4.69) is 126 Å². The molecular weight excluding hydrogens is 597 g/mol. The van der Waals surface area contributed by atoms with Gasteiger partial charge in [-0.05, 0) is 58.7 Å². The fourth-order valence-corrected chi connectivity index (χ4v) is 6.71. The minimum absolute atomic E-state index is 0.633. The van der Waals surface area contributed by atoms with Gasteiger partial charge in [-0.1, -0.05) is 146 Å². The van der Waals surface area contributed by atoms with Crippen molar-refractivity contribution in [2.75, 3.05) is 4.90 Å². The molecule has 0 saturated carbocycles. The third-order valence-electron chi connectivity index (χ3n) is 9.08. The largest absolute Gasteiger partial charge is 0.309 e. The predicted octanol–water partition coefficient (Wildman–Crippen LogP) is 11.7. The van der Waals surface area contributed by atoms with Crippen LogP contribution in [0.1, 0.15) is 0 Å². The molecule has 0 amide bonds. The number of benzene rings is 7. The molecule has 1 aromatic heterocycles. The first-order chi connectivity index (χ1) is 24.3. The monoisotopic (exact) mass is 626 g/mol. The molecule has 0 radical (unpaired) electrons. The molecule has 0 N–H and O–H groups in total. The van der Waals surface area contributed by atoms with Crippen LogP contribution < -0.4 is 4.90 Å². The third-order valence-corrected chi connectivity index (χ3v) is 9.08. The fraction of sp³-hybridized carbons (Fsp3) is 0. The van der Waals surface area contributed by atoms with E-state index >= 15 is 0 Å². The molecule has 0 aliphatic carbocycles. The van der Waals surface area contributed by atoms with Crippen molar-refractivity contribution in [2.24, 2.45) is 0 Å². The maximum Gasteiger partial charge on any atom is 0.164 e. The zero-order chi connectivity index (χ0) is 32.6. The molecule has 0 spiro atoms. The van der Waals surface area contributed by atoms with Gasteiger partial charge in [-0.2, -0.15) is 0 Å². The number of fused-ring (bicyclic) bond motifs is 5. The molecule has 0 atom stereocenters.